The lowest BCUT2D eigenvalue weighted by Crippen LogP contribution is -2.31. The van der Waals surface area contributed by atoms with Gasteiger partial charge in [0.1, 0.15) is 0 Å². The van der Waals surface area contributed by atoms with Crippen molar-refractivity contribution >= 4 is 28.6 Å². The van der Waals surface area contributed by atoms with Crippen molar-refractivity contribution in [3.63, 3.8) is 0 Å². The van der Waals surface area contributed by atoms with E-state index in [9.17, 15) is 14.4 Å². The maximum Gasteiger partial charge on any atom is 0.308 e. The number of H-pyrrole nitrogens is 1. The molecule has 0 aliphatic carbocycles. The normalized spacial score (nSPS) is 12.9. The Balaban J connectivity index is 1.72. The highest BCUT2D eigenvalue weighted by Crippen LogP contribution is 2.24. The summed E-state index contributed by atoms with van der Waals surface area (Å²) in [5, 5.41) is 3.56. The van der Waals surface area contributed by atoms with Crippen molar-refractivity contribution in [3.05, 3.63) is 71.4 Å². The highest BCUT2D eigenvalue weighted by atomic mass is 16.5. The molecule has 6 nitrogen and oxygen atoms in total. The summed E-state index contributed by atoms with van der Waals surface area (Å²) in [6, 6.07) is 16.2. The number of aromatic amines is 1. The van der Waals surface area contributed by atoms with Gasteiger partial charge in [-0.1, -0.05) is 48.5 Å². The van der Waals surface area contributed by atoms with Gasteiger partial charge < -0.3 is 15.0 Å². The summed E-state index contributed by atoms with van der Waals surface area (Å²) in [4.78, 5) is 40.2. The molecule has 0 fully saturated rings. The summed E-state index contributed by atoms with van der Waals surface area (Å²) >= 11 is 0. The van der Waals surface area contributed by atoms with Crippen LogP contribution >= 0.6 is 0 Å². The van der Waals surface area contributed by atoms with E-state index in [4.69, 9.17) is 4.74 Å². The molecule has 0 aliphatic heterocycles. The molecule has 2 aromatic carbocycles. The molecular weight excluding hydrogens is 368 g/mol. The van der Waals surface area contributed by atoms with Crippen LogP contribution in [0.5, 0.6) is 0 Å². The molecule has 0 unspecified atom stereocenters. The molecule has 0 bridgehead atoms. The number of amides is 1. The predicted octanol–water partition coefficient (Wildman–Crippen LogP) is 3.86. The molecule has 0 saturated heterocycles. The average molecular weight is 392 g/mol. The van der Waals surface area contributed by atoms with Crippen molar-refractivity contribution in [1.82, 2.24) is 10.3 Å². The number of Topliss-reactive ketones (excluding diaryl/α,β-unsaturated/α-hetero) is 1. The minimum atomic E-state index is -0.936. The van der Waals surface area contributed by atoms with Crippen molar-refractivity contribution < 1.29 is 19.1 Å². The quantitative estimate of drug-likeness (QED) is 0.472. The summed E-state index contributed by atoms with van der Waals surface area (Å²) in [7, 11) is 0. The Hall–Kier alpha value is -3.41. The van der Waals surface area contributed by atoms with Gasteiger partial charge in [0.2, 0.25) is 11.7 Å². The number of rotatable bonds is 7. The second-order valence-electron chi connectivity index (χ2n) is 7.03. The molecule has 2 N–H and O–H groups in total. The van der Waals surface area contributed by atoms with Crippen LogP contribution in [0.4, 0.5) is 0 Å². The Morgan fingerprint density at radius 2 is 1.69 bits per heavy atom. The van der Waals surface area contributed by atoms with E-state index in [1.165, 1.54) is 6.92 Å². The summed E-state index contributed by atoms with van der Waals surface area (Å²) in [6.45, 7) is 4.79. The number of ether oxygens (including phenoxy) is 1. The van der Waals surface area contributed by atoms with Crippen LogP contribution in [-0.4, -0.2) is 28.7 Å². The van der Waals surface area contributed by atoms with Crippen LogP contribution in [0, 0.1) is 6.92 Å². The second-order valence-corrected chi connectivity index (χ2v) is 7.03. The Morgan fingerprint density at radius 3 is 2.38 bits per heavy atom. The largest absolute Gasteiger partial charge is 0.454 e. The minimum Gasteiger partial charge on any atom is -0.454 e. The molecule has 150 valence electrons. The number of nitrogens with one attached hydrogen (secondary N) is 2. The molecule has 2 atom stereocenters. The van der Waals surface area contributed by atoms with Crippen molar-refractivity contribution in [2.24, 2.45) is 0 Å². The van der Waals surface area contributed by atoms with E-state index in [2.05, 4.69) is 10.3 Å². The van der Waals surface area contributed by atoms with Crippen LogP contribution in [0.2, 0.25) is 0 Å². The highest BCUT2D eigenvalue weighted by molar-refractivity contribution is 6.11. The van der Waals surface area contributed by atoms with Gasteiger partial charge >= 0.3 is 5.97 Å². The molecular formula is C23H24N2O4. The maximum atomic E-state index is 12.9. The van der Waals surface area contributed by atoms with E-state index in [-0.39, 0.29) is 18.1 Å². The van der Waals surface area contributed by atoms with Crippen molar-refractivity contribution in [1.29, 1.82) is 0 Å². The van der Waals surface area contributed by atoms with Crippen LogP contribution in [-0.2, 0) is 14.3 Å². The number of fused-ring (bicyclic) bond motifs is 1. The zero-order chi connectivity index (χ0) is 21.0. The summed E-state index contributed by atoms with van der Waals surface area (Å²) in [6.07, 6.45) is -0.997. The number of esters is 1. The zero-order valence-electron chi connectivity index (χ0n) is 16.7. The number of para-hydroxylation sites is 1. The maximum absolute atomic E-state index is 12.9. The predicted molar refractivity (Wildman–Crippen MR) is 111 cm³/mol. The number of ketones is 1. The standard InChI is InChI=1S/C23H24N2O4/c1-14-22(18-11-7-8-12-19(18)24-14)23(28)15(2)29-21(27)13-20(25-16(3)26)17-9-5-4-6-10-17/h4-12,15,20,24H,13H2,1-3H3,(H,25,26)/t15-,20+/m1/s1. The van der Waals surface area contributed by atoms with E-state index >= 15 is 0 Å². The topological polar surface area (TPSA) is 88.3 Å². The van der Waals surface area contributed by atoms with E-state index in [1.54, 1.807) is 6.92 Å². The Kier molecular flexibility index (Phi) is 6.12. The lowest BCUT2D eigenvalue weighted by atomic mass is 10.0. The van der Waals surface area contributed by atoms with Gasteiger partial charge in [-0.2, -0.15) is 0 Å². The lowest BCUT2D eigenvalue weighted by Gasteiger charge is -2.19. The number of aromatic nitrogens is 1. The highest BCUT2D eigenvalue weighted by Gasteiger charge is 2.26. The van der Waals surface area contributed by atoms with Crippen molar-refractivity contribution in [2.45, 2.75) is 39.3 Å². The SMILES string of the molecule is CC(=O)N[C@@H](CC(=O)O[C@H](C)C(=O)c1c(C)[nH]c2ccccc12)c1ccccc1. The fourth-order valence-corrected chi connectivity index (χ4v) is 3.45. The third-order valence-corrected chi connectivity index (χ3v) is 4.77. The molecule has 0 spiro atoms. The Labute approximate surface area is 169 Å². The summed E-state index contributed by atoms with van der Waals surface area (Å²) in [5.41, 5.74) is 2.93. The van der Waals surface area contributed by atoms with Gasteiger partial charge in [-0.25, -0.2) is 0 Å². The average Bonchev–Trinajstić information content (AvgIpc) is 3.02. The fourth-order valence-electron chi connectivity index (χ4n) is 3.45. The number of carbonyl (C=O) groups excluding carboxylic acids is 3. The van der Waals surface area contributed by atoms with Crippen LogP contribution in [0.25, 0.3) is 10.9 Å². The van der Waals surface area contributed by atoms with E-state index in [0.717, 1.165) is 22.2 Å². The second kappa shape index (κ2) is 8.73. The molecule has 3 rings (SSSR count). The molecule has 1 heterocycles. The van der Waals surface area contributed by atoms with Crippen LogP contribution in [0.3, 0.4) is 0 Å². The van der Waals surface area contributed by atoms with Crippen LogP contribution in [0.1, 0.15) is 47.9 Å². The molecule has 29 heavy (non-hydrogen) atoms. The summed E-state index contributed by atoms with van der Waals surface area (Å²) < 4.78 is 5.42. The number of benzene rings is 2. The number of hydrogen-bond acceptors (Lipinski definition) is 4. The molecule has 1 amide bonds. The number of aryl methyl sites for hydroxylation is 1. The summed E-state index contributed by atoms with van der Waals surface area (Å²) in [5.74, 6) is -1.06. The van der Waals surface area contributed by atoms with Crippen molar-refractivity contribution in [3.8, 4) is 0 Å². The first-order chi connectivity index (χ1) is 13.9. The van der Waals surface area contributed by atoms with E-state index < -0.39 is 18.1 Å². The van der Waals surface area contributed by atoms with E-state index in [1.807, 2.05) is 61.5 Å². The van der Waals surface area contributed by atoms with Gasteiger partial charge in [0.25, 0.3) is 0 Å². The third-order valence-electron chi connectivity index (χ3n) is 4.77. The van der Waals surface area contributed by atoms with E-state index in [0.29, 0.717) is 5.56 Å². The van der Waals surface area contributed by atoms with Gasteiger partial charge in [0.05, 0.1) is 12.5 Å². The van der Waals surface area contributed by atoms with Crippen LogP contribution < -0.4 is 5.32 Å². The van der Waals surface area contributed by atoms with Crippen molar-refractivity contribution in [2.75, 3.05) is 0 Å². The first-order valence-electron chi connectivity index (χ1n) is 9.50. The molecule has 1 aromatic heterocycles. The van der Waals surface area contributed by atoms with Gasteiger partial charge in [0, 0.05) is 29.1 Å². The van der Waals surface area contributed by atoms with Gasteiger partial charge in [-0.15, -0.1) is 0 Å². The first-order valence-corrected chi connectivity index (χ1v) is 9.50. The number of carbonyl (C=O) groups is 3. The first kappa shape index (κ1) is 20.3. The van der Waals surface area contributed by atoms with Gasteiger partial charge in [-0.05, 0) is 25.5 Å². The van der Waals surface area contributed by atoms with Gasteiger partial charge in [-0.3, -0.25) is 14.4 Å². The fraction of sp³-hybridized carbons (Fsp3) is 0.261. The minimum absolute atomic E-state index is 0.0614. The molecule has 0 aliphatic rings. The number of hydrogen-bond donors (Lipinski definition) is 2. The lowest BCUT2D eigenvalue weighted by molar-refractivity contribution is -0.147. The third kappa shape index (κ3) is 4.71. The Morgan fingerprint density at radius 1 is 1.03 bits per heavy atom. The molecule has 3 aromatic rings. The molecule has 6 heteroatoms. The molecule has 0 radical (unpaired) electrons. The molecule has 0 saturated carbocycles. The smallest absolute Gasteiger partial charge is 0.308 e. The monoisotopic (exact) mass is 392 g/mol. The zero-order valence-corrected chi connectivity index (χ0v) is 16.7. The Bertz CT molecular complexity index is 1040. The van der Waals surface area contributed by atoms with Crippen LogP contribution in [0.15, 0.2) is 54.6 Å². The van der Waals surface area contributed by atoms with Gasteiger partial charge in [0.15, 0.2) is 6.10 Å².